The Bertz CT molecular complexity index is 3060. The van der Waals surface area contributed by atoms with E-state index >= 15 is 0 Å². The standard InChI is InChI=1S/C49H29N7S/c50-30-37-19-10-11-20-38(37)31-23-25-35(26-24-31)47-51-44(32-13-4-1-5-14-32)53-48(54-47)36-27-28-42-41(29-36)39-21-12-22-40(43(39)57-42)49-55-45(33-15-6-2-7-16-33)52-46(56-49)34-17-8-3-9-18-34/h1-29H. The van der Waals surface area contributed by atoms with Gasteiger partial charge in [0, 0.05) is 53.6 Å². The van der Waals surface area contributed by atoms with Crippen LogP contribution < -0.4 is 0 Å². The minimum absolute atomic E-state index is 0.565. The van der Waals surface area contributed by atoms with E-state index in [9.17, 15) is 5.26 Å². The number of benzene rings is 7. The van der Waals surface area contributed by atoms with Gasteiger partial charge >= 0.3 is 0 Å². The Balaban J connectivity index is 1.09. The normalized spacial score (nSPS) is 11.1. The van der Waals surface area contributed by atoms with E-state index in [-0.39, 0.29) is 0 Å². The summed E-state index contributed by atoms with van der Waals surface area (Å²) in [6, 6.07) is 60.7. The number of aromatic nitrogens is 6. The second-order valence-electron chi connectivity index (χ2n) is 13.4. The first-order valence-corrected chi connectivity index (χ1v) is 19.2. The fraction of sp³-hybridized carbons (Fsp3) is 0. The minimum atomic E-state index is 0.565. The Morgan fingerprint density at radius 2 is 0.789 bits per heavy atom. The molecule has 0 unspecified atom stereocenters. The van der Waals surface area contributed by atoms with Crippen molar-refractivity contribution in [1.29, 1.82) is 5.26 Å². The summed E-state index contributed by atoms with van der Waals surface area (Å²) in [5.74, 6) is 3.60. The molecule has 57 heavy (non-hydrogen) atoms. The molecular formula is C49H29N7S. The largest absolute Gasteiger partial charge is 0.208 e. The van der Waals surface area contributed by atoms with Crippen LogP contribution in [0.3, 0.4) is 0 Å². The highest BCUT2D eigenvalue weighted by Crippen LogP contribution is 2.41. The SMILES string of the molecule is N#Cc1ccccc1-c1ccc(-c2nc(-c3ccccc3)nc(-c3ccc4sc5c(-c6nc(-c7ccccc7)nc(-c7ccccc7)n6)cccc5c4c3)n2)cc1. The molecule has 0 radical (unpaired) electrons. The molecule has 8 heteroatoms. The van der Waals surface area contributed by atoms with Crippen molar-refractivity contribution in [3.63, 3.8) is 0 Å². The van der Waals surface area contributed by atoms with Crippen molar-refractivity contribution >= 4 is 31.5 Å². The Morgan fingerprint density at radius 1 is 0.351 bits per heavy atom. The first-order chi connectivity index (χ1) is 28.2. The third kappa shape index (κ3) is 6.48. The van der Waals surface area contributed by atoms with Gasteiger partial charge in [0.15, 0.2) is 34.9 Å². The lowest BCUT2D eigenvalue weighted by molar-refractivity contribution is 1.07. The maximum atomic E-state index is 9.68. The van der Waals surface area contributed by atoms with Crippen LogP contribution in [0, 0.1) is 11.3 Å². The van der Waals surface area contributed by atoms with Crippen molar-refractivity contribution in [2.75, 3.05) is 0 Å². The quantitative estimate of drug-likeness (QED) is 0.160. The van der Waals surface area contributed by atoms with Crippen molar-refractivity contribution in [1.82, 2.24) is 29.9 Å². The fourth-order valence-electron chi connectivity index (χ4n) is 7.02. The average molecular weight is 748 g/mol. The van der Waals surface area contributed by atoms with E-state index in [0.29, 0.717) is 40.5 Å². The predicted octanol–water partition coefficient (Wildman–Crippen LogP) is 12.0. The van der Waals surface area contributed by atoms with Gasteiger partial charge in [-0.15, -0.1) is 11.3 Å². The first kappa shape index (κ1) is 33.8. The highest BCUT2D eigenvalue weighted by molar-refractivity contribution is 7.26. The molecule has 0 amide bonds. The summed E-state index contributed by atoms with van der Waals surface area (Å²) in [4.78, 5) is 30.0. The maximum absolute atomic E-state index is 9.68. The van der Waals surface area contributed by atoms with Gasteiger partial charge in [-0.1, -0.05) is 146 Å². The molecule has 3 heterocycles. The van der Waals surface area contributed by atoms with Gasteiger partial charge in [0.1, 0.15) is 0 Å². The number of nitriles is 1. The average Bonchev–Trinajstić information content (AvgIpc) is 3.68. The molecule has 0 saturated carbocycles. The summed E-state index contributed by atoms with van der Waals surface area (Å²) in [5, 5.41) is 11.9. The molecule has 10 aromatic rings. The molecule has 0 bridgehead atoms. The lowest BCUT2D eigenvalue weighted by Crippen LogP contribution is -2.00. The number of hydrogen-bond acceptors (Lipinski definition) is 8. The summed E-state index contributed by atoms with van der Waals surface area (Å²) in [6.07, 6.45) is 0. The van der Waals surface area contributed by atoms with Crippen molar-refractivity contribution in [3.05, 3.63) is 181 Å². The molecule has 0 aliphatic rings. The lowest BCUT2D eigenvalue weighted by atomic mass is 9.99. The van der Waals surface area contributed by atoms with Crippen LogP contribution >= 0.6 is 11.3 Å². The molecule has 0 aliphatic heterocycles. The van der Waals surface area contributed by atoms with Crippen LogP contribution in [0.15, 0.2) is 176 Å². The van der Waals surface area contributed by atoms with Gasteiger partial charge in [0.2, 0.25) is 0 Å². The minimum Gasteiger partial charge on any atom is -0.208 e. The van der Waals surface area contributed by atoms with Gasteiger partial charge in [-0.2, -0.15) is 5.26 Å². The summed E-state index contributed by atoms with van der Waals surface area (Å²) < 4.78 is 2.22. The third-order valence-electron chi connectivity index (χ3n) is 9.86. The predicted molar refractivity (Wildman–Crippen MR) is 229 cm³/mol. The van der Waals surface area contributed by atoms with Crippen LogP contribution in [0.5, 0.6) is 0 Å². The molecule has 7 aromatic carbocycles. The van der Waals surface area contributed by atoms with Crippen LogP contribution in [0.1, 0.15) is 5.56 Å². The van der Waals surface area contributed by atoms with E-state index in [4.69, 9.17) is 29.9 Å². The number of hydrogen-bond donors (Lipinski definition) is 0. The molecule has 3 aromatic heterocycles. The molecule has 0 saturated heterocycles. The second-order valence-corrected chi connectivity index (χ2v) is 14.5. The monoisotopic (exact) mass is 747 g/mol. The molecule has 10 rings (SSSR count). The van der Waals surface area contributed by atoms with Gasteiger partial charge in [0.25, 0.3) is 0 Å². The van der Waals surface area contributed by atoms with E-state index in [1.54, 1.807) is 11.3 Å². The molecule has 0 atom stereocenters. The fourth-order valence-corrected chi connectivity index (χ4v) is 8.22. The summed E-state index contributed by atoms with van der Waals surface area (Å²) >= 11 is 1.72. The highest BCUT2D eigenvalue weighted by Gasteiger charge is 2.18. The number of thiophene rings is 1. The highest BCUT2D eigenvalue weighted by atomic mass is 32.1. The molecule has 0 aliphatic carbocycles. The van der Waals surface area contributed by atoms with E-state index in [0.717, 1.165) is 64.7 Å². The van der Waals surface area contributed by atoms with Crippen molar-refractivity contribution < 1.29 is 0 Å². The lowest BCUT2D eigenvalue weighted by Gasteiger charge is -2.10. The number of nitrogens with zero attached hydrogens (tertiary/aromatic N) is 7. The molecule has 0 N–H and O–H groups in total. The van der Waals surface area contributed by atoms with E-state index in [1.165, 1.54) is 0 Å². The Morgan fingerprint density at radius 3 is 1.35 bits per heavy atom. The van der Waals surface area contributed by atoms with Gasteiger partial charge in [-0.3, -0.25) is 0 Å². The Hall–Kier alpha value is -7.73. The van der Waals surface area contributed by atoms with Gasteiger partial charge in [-0.05, 0) is 41.5 Å². The topological polar surface area (TPSA) is 101 Å². The zero-order valence-corrected chi connectivity index (χ0v) is 31.1. The first-order valence-electron chi connectivity index (χ1n) is 18.4. The molecule has 266 valence electrons. The van der Waals surface area contributed by atoms with Gasteiger partial charge in [0.05, 0.1) is 11.6 Å². The molecule has 7 nitrogen and oxygen atoms in total. The van der Waals surface area contributed by atoms with Crippen LogP contribution in [-0.4, -0.2) is 29.9 Å². The van der Waals surface area contributed by atoms with E-state index in [2.05, 4.69) is 42.5 Å². The zero-order valence-electron chi connectivity index (χ0n) is 30.3. The van der Waals surface area contributed by atoms with Crippen LogP contribution in [-0.2, 0) is 0 Å². The van der Waals surface area contributed by atoms with E-state index < -0.39 is 0 Å². The van der Waals surface area contributed by atoms with Crippen molar-refractivity contribution in [2.24, 2.45) is 0 Å². The number of rotatable bonds is 7. The van der Waals surface area contributed by atoms with Crippen molar-refractivity contribution in [2.45, 2.75) is 0 Å². The molecule has 0 spiro atoms. The summed E-state index contributed by atoms with van der Waals surface area (Å²) in [6.45, 7) is 0. The molecule has 0 fully saturated rings. The molecular weight excluding hydrogens is 719 g/mol. The van der Waals surface area contributed by atoms with Crippen LogP contribution in [0.4, 0.5) is 0 Å². The van der Waals surface area contributed by atoms with Crippen LogP contribution in [0.2, 0.25) is 0 Å². The van der Waals surface area contributed by atoms with E-state index in [1.807, 2.05) is 140 Å². The maximum Gasteiger partial charge on any atom is 0.165 e. The van der Waals surface area contributed by atoms with Crippen LogP contribution in [0.25, 0.3) is 99.6 Å². The summed E-state index contributed by atoms with van der Waals surface area (Å²) in [7, 11) is 0. The van der Waals surface area contributed by atoms with Gasteiger partial charge in [-0.25, -0.2) is 29.9 Å². The van der Waals surface area contributed by atoms with Gasteiger partial charge < -0.3 is 0 Å². The van der Waals surface area contributed by atoms with Crippen molar-refractivity contribution in [3.8, 4) is 85.5 Å². The number of fused-ring (bicyclic) bond motifs is 3. The summed E-state index contributed by atoms with van der Waals surface area (Å²) in [5.41, 5.74) is 7.90. The third-order valence-corrected chi connectivity index (χ3v) is 11.1. The zero-order chi connectivity index (χ0) is 38.1. The Kier molecular flexibility index (Phi) is 8.60. The Labute approximate surface area is 332 Å². The second kappa shape index (κ2) is 14.5. The smallest absolute Gasteiger partial charge is 0.165 e.